The van der Waals surface area contributed by atoms with E-state index >= 15 is 0 Å². The van der Waals surface area contributed by atoms with Crippen molar-refractivity contribution in [3.05, 3.63) is 115 Å². The van der Waals surface area contributed by atoms with Gasteiger partial charge in [0.1, 0.15) is 5.25 Å². The Morgan fingerprint density at radius 3 is 2.30 bits per heavy atom. The first-order valence-electron chi connectivity index (χ1n) is 12.8. The van der Waals surface area contributed by atoms with Gasteiger partial charge in [-0.1, -0.05) is 54.6 Å². The number of aliphatic carboxylic acids is 1. The Morgan fingerprint density at radius 2 is 1.52 bits per heavy atom. The van der Waals surface area contributed by atoms with E-state index in [0.717, 1.165) is 51.0 Å². The first-order valence-corrected chi connectivity index (χ1v) is 13.7. The molecule has 0 fully saturated rings. The van der Waals surface area contributed by atoms with Crippen LogP contribution in [0, 0.1) is 0 Å². The summed E-state index contributed by atoms with van der Waals surface area (Å²) in [7, 11) is 0. The van der Waals surface area contributed by atoms with Crippen molar-refractivity contribution in [2.45, 2.75) is 23.6 Å². The third-order valence-corrected chi connectivity index (χ3v) is 7.68. The van der Waals surface area contributed by atoms with Gasteiger partial charge in [-0.3, -0.25) is 9.59 Å². The van der Waals surface area contributed by atoms with E-state index in [1.807, 2.05) is 66.7 Å². The van der Waals surface area contributed by atoms with Crippen molar-refractivity contribution >= 4 is 62.7 Å². The maximum atomic E-state index is 13.7. The molecule has 0 aliphatic carbocycles. The average Bonchev–Trinajstić information content (AvgIpc) is 3.28. The van der Waals surface area contributed by atoms with Gasteiger partial charge in [0.25, 0.3) is 0 Å². The van der Waals surface area contributed by atoms with Gasteiger partial charge < -0.3 is 20.3 Å². The van der Waals surface area contributed by atoms with Gasteiger partial charge in [-0.25, -0.2) is 4.79 Å². The molecule has 1 heterocycles. The van der Waals surface area contributed by atoms with E-state index in [9.17, 15) is 14.4 Å². The Kier molecular flexibility index (Phi) is 7.98. The predicted molar refractivity (Wildman–Crippen MR) is 161 cm³/mol. The number of amides is 2. The lowest BCUT2D eigenvalue weighted by Gasteiger charge is -2.18. The molecule has 7 nitrogen and oxygen atoms in total. The van der Waals surface area contributed by atoms with E-state index < -0.39 is 17.1 Å². The van der Waals surface area contributed by atoms with Crippen LogP contribution in [0.4, 0.5) is 11.4 Å². The molecule has 0 bridgehead atoms. The standard InChI is InChI=1S/C32H27N3O4S/c1-2-35-27-14-7-6-13-25(27)26-20-23(15-16-28(26)35)34-32(39)31(21-9-4-3-5-10-21)40-24-12-8-11-22(19-24)33-29(36)17-18-30(37)38/h3-20,31H,2H2,1H3,(H,33,36)(H,34,39)(H,37,38)/b18-17+. The van der Waals surface area contributed by atoms with Crippen LogP contribution in [-0.4, -0.2) is 27.5 Å². The van der Waals surface area contributed by atoms with Crippen molar-refractivity contribution in [3.63, 3.8) is 0 Å². The van der Waals surface area contributed by atoms with Gasteiger partial charge >= 0.3 is 5.97 Å². The van der Waals surface area contributed by atoms with Gasteiger partial charge in [0, 0.05) is 56.8 Å². The highest BCUT2D eigenvalue weighted by Crippen LogP contribution is 2.38. The van der Waals surface area contributed by atoms with Crippen LogP contribution in [0.1, 0.15) is 17.7 Å². The summed E-state index contributed by atoms with van der Waals surface area (Å²) >= 11 is 1.36. The van der Waals surface area contributed by atoms with Crippen molar-refractivity contribution in [1.82, 2.24) is 4.57 Å². The van der Waals surface area contributed by atoms with E-state index in [0.29, 0.717) is 11.4 Å². The summed E-state index contributed by atoms with van der Waals surface area (Å²) in [6.07, 6.45) is 1.73. The second kappa shape index (κ2) is 11.9. The fourth-order valence-corrected chi connectivity index (χ4v) is 5.78. The minimum Gasteiger partial charge on any atom is -0.478 e. The molecule has 3 N–H and O–H groups in total. The van der Waals surface area contributed by atoms with Crippen LogP contribution in [0.3, 0.4) is 0 Å². The molecule has 40 heavy (non-hydrogen) atoms. The SMILES string of the molecule is CCn1c2ccccc2c2cc(NC(=O)C(Sc3cccc(NC(=O)/C=C/C(=O)O)c3)c3ccccc3)ccc21. The second-order valence-corrected chi connectivity index (χ2v) is 10.3. The number of hydrogen-bond acceptors (Lipinski definition) is 4. The summed E-state index contributed by atoms with van der Waals surface area (Å²) in [6, 6.07) is 30.9. The summed E-state index contributed by atoms with van der Waals surface area (Å²) in [5.41, 5.74) is 4.33. The van der Waals surface area contributed by atoms with Gasteiger partial charge in [-0.15, -0.1) is 11.8 Å². The third kappa shape index (κ3) is 5.92. The zero-order valence-electron chi connectivity index (χ0n) is 21.7. The molecule has 4 aromatic carbocycles. The fraction of sp³-hybridized carbons (Fsp3) is 0.0938. The van der Waals surface area contributed by atoms with E-state index in [2.05, 4.69) is 34.3 Å². The number of rotatable bonds is 9. The minimum absolute atomic E-state index is 0.173. The van der Waals surface area contributed by atoms with E-state index in [4.69, 9.17) is 5.11 Å². The number of thioether (sulfide) groups is 1. The number of carbonyl (C=O) groups excluding carboxylic acids is 2. The number of benzene rings is 4. The number of para-hydroxylation sites is 1. The number of aromatic nitrogens is 1. The first kappa shape index (κ1) is 26.8. The molecule has 5 rings (SSSR count). The molecule has 0 aliphatic rings. The third-order valence-electron chi connectivity index (χ3n) is 6.43. The Morgan fingerprint density at radius 1 is 0.800 bits per heavy atom. The van der Waals surface area contributed by atoms with Crippen LogP contribution in [0.2, 0.25) is 0 Å². The molecule has 2 amide bonds. The lowest BCUT2D eigenvalue weighted by Crippen LogP contribution is -2.19. The lowest BCUT2D eigenvalue weighted by molar-refractivity contribution is -0.131. The number of carbonyl (C=O) groups is 3. The van der Waals surface area contributed by atoms with Crippen LogP contribution in [0.5, 0.6) is 0 Å². The Labute approximate surface area is 235 Å². The fourth-order valence-electron chi connectivity index (χ4n) is 4.69. The monoisotopic (exact) mass is 549 g/mol. The number of hydrogen-bond donors (Lipinski definition) is 3. The second-order valence-electron chi connectivity index (χ2n) is 9.08. The number of carboxylic acid groups (broad SMARTS) is 1. The van der Waals surface area contributed by atoms with Crippen LogP contribution >= 0.6 is 11.8 Å². The maximum Gasteiger partial charge on any atom is 0.328 e. The molecule has 200 valence electrons. The predicted octanol–water partition coefficient (Wildman–Crippen LogP) is 6.87. The molecule has 0 aliphatic heterocycles. The molecule has 1 aromatic heterocycles. The highest BCUT2D eigenvalue weighted by Gasteiger charge is 2.23. The van der Waals surface area contributed by atoms with Crippen LogP contribution in [0.25, 0.3) is 21.8 Å². The van der Waals surface area contributed by atoms with Gasteiger partial charge in [-0.05, 0) is 55.0 Å². The summed E-state index contributed by atoms with van der Waals surface area (Å²) < 4.78 is 2.27. The molecule has 1 atom stereocenters. The summed E-state index contributed by atoms with van der Waals surface area (Å²) in [6.45, 7) is 2.97. The number of nitrogens with one attached hydrogen (secondary N) is 2. The maximum absolute atomic E-state index is 13.7. The number of aryl methyl sites for hydroxylation is 1. The smallest absolute Gasteiger partial charge is 0.328 e. The van der Waals surface area contributed by atoms with Crippen molar-refractivity contribution in [2.24, 2.45) is 0 Å². The van der Waals surface area contributed by atoms with Gasteiger partial charge in [0.2, 0.25) is 11.8 Å². The van der Waals surface area contributed by atoms with Gasteiger partial charge in [0.15, 0.2) is 0 Å². The zero-order chi connectivity index (χ0) is 28.1. The average molecular weight is 550 g/mol. The minimum atomic E-state index is -1.20. The molecule has 8 heteroatoms. The summed E-state index contributed by atoms with van der Waals surface area (Å²) in [4.78, 5) is 37.2. The Hall–Kier alpha value is -4.82. The molecule has 0 spiro atoms. The molecular formula is C32H27N3O4S. The highest BCUT2D eigenvalue weighted by atomic mass is 32.2. The Bertz CT molecular complexity index is 1740. The van der Waals surface area contributed by atoms with Gasteiger partial charge in [0.05, 0.1) is 0 Å². The molecule has 5 aromatic rings. The quantitative estimate of drug-likeness (QED) is 0.138. The zero-order valence-corrected chi connectivity index (χ0v) is 22.5. The first-order chi connectivity index (χ1) is 19.4. The normalized spacial score (nSPS) is 12.0. The highest BCUT2D eigenvalue weighted by molar-refractivity contribution is 8.00. The van der Waals surface area contributed by atoms with Crippen LogP contribution < -0.4 is 10.6 Å². The number of carboxylic acids is 1. The van der Waals surface area contributed by atoms with Crippen molar-refractivity contribution < 1.29 is 19.5 Å². The summed E-state index contributed by atoms with van der Waals surface area (Å²) in [5.74, 6) is -1.93. The Balaban J connectivity index is 1.41. The van der Waals surface area contributed by atoms with E-state index in [1.165, 1.54) is 11.8 Å². The van der Waals surface area contributed by atoms with Crippen LogP contribution in [0.15, 0.2) is 114 Å². The number of anilines is 2. The number of nitrogens with zero attached hydrogens (tertiary/aromatic N) is 1. The van der Waals surface area contributed by atoms with Crippen LogP contribution in [-0.2, 0) is 20.9 Å². The molecule has 1 unspecified atom stereocenters. The largest absolute Gasteiger partial charge is 0.478 e. The lowest BCUT2D eigenvalue weighted by atomic mass is 10.1. The van der Waals surface area contributed by atoms with Crippen molar-refractivity contribution in [2.75, 3.05) is 10.6 Å². The topological polar surface area (TPSA) is 100 Å². The van der Waals surface area contributed by atoms with Crippen molar-refractivity contribution in [3.8, 4) is 0 Å². The number of fused-ring (bicyclic) bond motifs is 3. The van der Waals surface area contributed by atoms with E-state index in [1.54, 1.807) is 18.2 Å². The molecular weight excluding hydrogens is 522 g/mol. The molecule has 0 saturated carbocycles. The summed E-state index contributed by atoms with van der Waals surface area (Å²) in [5, 5.41) is 16.2. The molecule has 0 radical (unpaired) electrons. The van der Waals surface area contributed by atoms with E-state index in [-0.39, 0.29) is 5.91 Å². The van der Waals surface area contributed by atoms with Crippen molar-refractivity contribution in [1.29, 1.82) is 0 Å². The van der Waals surface area contributed by atoms with Gasteiger partial charge in [-0.2, -0.15) is 0 Å². The molecule has 0 saturated heterocycles.